The van der Waals surface area contributed by atoms with Crippen LogP contribution in [0.3, 0.4) is 0 Å². The van der Waals surface area contributed by atoms with Crippen molar-refractivity contribution in [3.8, 4) is 0 Å². The highest BCUT2D eigenvalue weighted by atomic mass is 16.6. The molecule has 0 aromatic rings. The highest BCUT2D eigenvalue weighted by Gasteiger charge is 2.32. The Bertz CT molecular complexity index is 754. The molecule has 0 saturated heterocycles. The summed E-state index contributed by atoms with van der Waals surface area (Å²) in [6.07, 6.45) is 11.8. The van der Waals surface area contributed by atoms with E-state index >= 15 is 0 Å². The zero-order valence-corrected chi connectivity index (χ0v) is 18.7. The Hall–Kier alpha value is -1.98. The standard InChI is InChI=1S/C25H36O5/c1-17(10-12-21-18(2)8-6-14-25(21,3)4)7-5-9-19(16-26)11-13-22(27)20-15-23(28)30-24(20)29/h7-8,11,15-16,21-22,24,27,29H,5-6,9-10,12-14H2,1-4H3/b17-7+,19-11+/t21?,22-,24?/m1/s1. The Balaban J connectivity index is 1.82. The van der Waals surface area contributed by atoms with Crippen LogP contribution in [0.4, 0.5) is 0 Å². The fourth-order valence-corrected chi connectivity index (χ4v) is 4.47. The van der Waals surface area contributed by atoms with Crippen LogP contribution in [0.25, 0.3) is 0 Å². The lowest BCUT2D eigenvalue weighted by atomic mass is 9.67. The molecule has 5 nitrogen and oxygen atoms in total. The maximum Gasteiger partial charge on any atom is 0.333 e. The Morgan fingerprint density at radius 1 is 1.33 bits per heavy atom. The molecule has 1 aliphatic carbocycles. The fraction of sp³-hybridized carbons (Fsp3) is 0.600. The van der Waals surface area contributed by atoms with Crippen LogP contribution in [0.2, 0.25) is 0 Å². The van der Waals surface area contributed by atoms with Gasteiger partial charge in [-0.25, -0.2) is 4.79 Å². The Morgan fingerprint density at radius 2 is 2.07 bits per heavy atom. The maximum absolute atomic E-state index is 11.4. The fourth-order valence-electron chi connectivity index (χ4n) is 4.47. The lowest BCUT2D eigenvalue weighted by Gasteiger charge is -2.38. The van der Waals surface area contributed by atoms with Crippen LogP contribution >= 0.6 is 0 Å². The first kappa shape index (κ1) is 24.3. The highest BCUT2D eigenvalue weighted by Crippen LogP contribution is 2.43. The van der Waals surface area contributed by atoms with Gasteiger partial charge in [-0.3, -0.25) is 4.79 Å². The average Bonchev–Trinajstić information content (AvgIpc) is 3.01. The van der Waals surface area contributed by atoms with Crippen LogP contribution in [0.5, 0.6) is 0 Å². The first-order valence-electron chi connectivity index (χ1n) is 10.9. The van der Waals surface area contributed by atoms with Crippen LogP contribution in [0.1, 0.15) is 72.6 Å². The minimum atomic E-state index is -1.40. The van der Waals surface area contributed by atoms with Gasteiger partial charge in [0, 0.05) is 11.6 Å². The number of rotatable bonds is 10. The first-order valence-corrected chi connectivity index (χ1v) is 10.9. The SMILES string of the molecule is CC1=CCCC(C)(C)C1CC/C(C)=C/CC/C(C=O)=C\C[C@@H](O)C1=CC(=O)OC1O. The number of hydrogen-bond donors (Lipinski definition) is 2. The summed E-state index contributed by atoms with van der Waals surface area (Å²) >= 11 is 0. The summed E-state index contributed by atoms with van der Waals surface area (Å²) in [7, 11) is 0. The van der Waals surface area contributed by atoms with Gasteiger partial charge in [0.2, 0.25) is 6.29 Å². The number of aliphatic hydroxyl groups excluding tert-OH is 2. The monoisotopic (exact) mass is 416 g/mol. The van der Waals surface area contributed by atoms with E-state index in [2.05, 4.69) is 44.6 Å². The van der Waals surface area contributed by atoms with Gasteiger partial charge in [-0.15, -0.1) is 0 Å². The predicted octanol–water partition coefficient (Wildman–Crippen LogP) is 4.55. The summed E-state index contributed by atoms with van der Waals surface area (Å²) in [5, 5.41) is 19.7. The van der Waals surface area contributed by atoms with Crippen molar-refractivity contribution in [3.05, 3.63) is 46.6 Å². The van der Waals surface area contributed by atoms with Gasteiger partial charge >= 0.3 is 5.97 Å². The second-order valence-corrected chi connectivity index (χ2v) is 9.24. The van der Waals surface area contributed by atoms with Crippen molar-refractivity contribution in [1.82, 2.24) is 0 Å². The molecule has 0 fully saturated rings. The molecule has 0 aromatic heterocycles. The molecule has 0 radical (unpaired) electrons. The van der Waals surface area contributed by atoms with Crippen molar-refractivity contribution in [1.29, 1.82) is 0 Å². The molecule has 0 spiro atoms. The van der Waals surface area contributed by atoms with Gasteiger partial charge in [-0.2, -0.15) is 0 Å². The number of allylic oxidation sites excluding steroid dienone is 5. The third-order valence-corrected chi connectivity index (χ3v) is 6.44. The summed E-state index contributed by atoms with van der Waals surface area (Å²) < 4.78 is 4.57. The third-order valence-electron chi connectivity index (χ3n) is 6.44. The van der Waals surface area contributed by atoms with E-state index in [-0.39, 0.29) is 12.0 Å². The van der Waals surface area contributed by atoms with E-state index in [0.717, 1.165) is 31.6 Å². The van der Waals surface area contributed by atoms with Gasteiger partial charge < -0.3 is 14.9 Å². The van der Waals surface area contributed by atoms with Crippen molar-refractivity contribution in [2.45, 2.75) is 85.0 Å². The molecule has 0 saturated carbocycles. The molecule has 2 N–H and O–H groups in total. The molecule has 3 atom stereocenters. The van der Waals surface area contributed by atoms with Gasteiger partial charge in [0.25, 0.3) is 0 Å². The Kier molecular flexibility index (Phi) is 8.80. The van der Waals surface area contributed by atoms with Gasteiger partial charge in [0.05, 0.1) is 6.10 Å². The number of aldehydes is 1. The summed E-state index contributed by atoms with van der Waals surface area (Å²) in [6, 6.07) is 0. The minimum Gasteiger partial charge on any atom is -0.429 e. The van der Waals surface area contributed by atoms with E-state index in [1.807, 2.05) is 0 Å². The van der Waals surface area contributed by atoms with Crippen molar-refractivity contribution in [3.63, 3.8) is 0 Å². The lowest BCUT2D eigenvalue weighted by molar-refractivity contribution is -0.151. The number of cyclic esters (lactones) is 1. The zero-order chi connectivity index (χ0) is 22.3. The van der Waals surface area contributed by atoms with E-state index in [9.17, 15) is 19.8 Å². The van der Waals surface area contributed by atoms with Crippen molar-refractivity contribution < 1.29 is 24.5 Å². The van der Waals surface area contributed by atoms with Crippen LogP contribution in [0.15, 0.2) is 46.6 Å². The molecule has 2 rings (SSSR count). The Morgan fingerprint density at radius 3 is 2.67 bits per heavy atom. The van der Waals surface area contributed by atoms with Crippen LogP contribution in [0, 0.1) is 11.3 Å². The van der Waals surface area contributed by atoms with Gasteiger partial charge in [0.15, 0.2) is 0 Å². The molecule has 30 heavy (non-hydrogen) atoms. The van der Waals surface area contributed by atoms with Gasteiger partial charge in [-0.05, 0) is 75.7 Å². The van der Waals surface area contributed by atoms with Crippen LogP contribution in [-0.2, 0) is 14.3 Å². The molecule has 0 aromatic carbocycles. The molecule has 2 unspecified atom stereocenters. The Labute approximate surface area is 180 Å². The topological polar surface area (TPSA) is 83.8 Å². The predicted molar refractivity (Wildman–Crippen MR) is 117 cm³/mol. The summed E-state index contributed by atoms with van der Waals surface area (Å²) in [5.74, 6) is -0.0447. The lowest BCUT2D eigenvalue weighted by Crippen LogP contribution is -2.27. The molecule has 1 heterocycles. The van der Waals surface area contributed by atoms with Crippen molar-refractivity contribution in [2.75, 3.05) is 0 Å². The molecular formula is C25H36O5. The smallest absolute Gasteiger partial charge is 0.333 e. The van der Waals surface area contributed by atoms with Crippen LogP contribution in [-0.4, -0.2) is 34.9 Å². The van der Waals surface area contributed by atoms with E-state index in [1.54, 1.807) is 6.08 Å². The number of carbonyl (C=O) groups is 2. The van der Waals surface area contributed by atoms with E-state index in [0.29, 0.717) is 23.3 Å². The quantitative estimate of drug-likeness (QED) is 0.236. The maximum atomic E-state index is 11.4. The van der Waals surface area contributed by atoms with Crippen molar-refractivity contribution in [2.24, 2.45) is 11.3 Å². The molecular weight excluding hydrogens is 380 g/mol. The van der Waals surface area contributed by atoms with Crippen molar-refractivity contribution >= 4 is 12.3 Å². The van der Waals surface area contributed by atoms with Gasteiger partial charge in [0.1, 0.15) is 6.29 Å². The molecule has 166 valence electrons. The average molecular weight is 417 g/mol. The van der Waals surface area contributed by atoms with Gasteiger partial charge in [-0.1, -0.05) is 43.2 Å². The third kappa shape index (κ3) is 6.78. The summed E-state index contributed by atoms with van der Waals surface area (Å²) in [5.41, 5.74) is 3.94. The van der Waals surface area contributed by atoms with E-state index < -0.39 is 18.4 Å². The number of hydrogen-bond acceptors (Lipinski definition) is 5. The minimum absolute atomic E-state index is 0.132. The summed E-state index contributed by atoms with van der Waals surface area (Å²) in [4.78, 5) is 22.5. The summed E-state index contributed by atoms with van der Waals surface area (Å²) in [6.45, 7) is 9.13. The van der Waals surface area contributed by atoms with Crippen LogP contribution < -0.4 is 0 Å². The molecule has 1 aliphatic heterocycles. The number of esters is 1. The zero-order valence-electron chi connectivity index (χ0n) is 18.7. The van der Waals surface area contributed by atoms with E-state index in [4.69, 9.17) is 0 Å². The largest absolute Gasteiger partial charge is 0.429 e. The molecule has 2 aliphatic rings. The molecule has 0 bridgehead atoms. The molecule has 5 heteroatoms. The highest BCUT2D eigenvalue weighted by molar-refractivity contribution is 5.85. The number of carbonyl (C=O) groups excluding carboxylic acids is 2. The number of aliphatic hydroxyl groups is 2. The first-order chi connectivity index (χ1) is 14.1. The van der Waals surface area contributed by atoms with E-state index in [1.165, 1.54) is 24.0 Å². The normalized spacial score (nSPS) is 25.5. The second kappa shape index (κ2) is 10.9. The molecule has 0 amide bonds. The number of ether oxygens (including phenoxy) is 1. The second-order valence-electron chi connectivity index (χ2n) is 9.24.